The molecule has 0 saturated carbocycles. The monoisotopic (exact) mass is 278 g/mol. The predicted octanol–water partition coefficient (Wildman–Crippen LogP) is 0.252. The molecule has 0 radical (unpaired) electrons. The SMILES string of the molecule is CC(C)Cn1c(N)c(Nc2cnn(C)c2)c(=O)[nH]c1=O. The van der Waals surface area contributed by atoms with Crippen LogP contribution in [0.25, 0.3) is 0 Å². The lowest BCUT2D eigenvalue weighted by atomic mass is 10.2. The Labute approximate surface area is 115 Å². The Morgan fingerprint density at radius 2 is 2.15 bits per heavy atom. The third-order valence-corrected chi connectivity index (χ3v) is 2.76. The van der Waals surface area contributed by atoms with Gasteiger partial charge in [0.25, 0.3) is 5.56 Å². The molecule has 2 heterocycles. The van der Waals surface area contributed by atoms with Crippen LogP contribution in [0.4, 0.5) is 17.2 Å². The molecule has 0 amide bonds. The number of aromatic nitrogens is 4. The average molecular weight is 278 g/mol. The van der Waals surface area contributed by atoms with Crippen molar-refractivity contribution >= 4 is 17.2 Å². The first kappa shape index (κ1) is 13.9. The lowest BCUT2D eigenvalue weighted by molar-refractivity contribution is 0.508. The topological polar surface area (TPSA) is 111 Å². The zero-order valence-electron chi connectivity index (χ0n) is 11.7. The zero-order valence-corrected chi connectivity index (χ0v) is 11.7. The van der Waals surface area contributed by atoms with E-state index in [0.29, 0.717) is 12.2 Å². The number of nitrogen functional groups attached to an aromatic ring is 1. The molecule has 20 heavy (non-hydrogen) atoms. The van der Waals surface area contributed by atoms with E-state index in [1.54, 1.807) is 24.1 Å². The number of rotatable bonds is 4. The highest BCUT2D eigenvalue weighted by molar-refractivity contribution is 5.68. The average Bonchev–Trinajstić information content (AvgIpc) is 2.75. The lowest BCUT2D eigenvalue weighted by Crippen LogP contribution is -2.34. The van der Waals surface area contributed by atoms with Gasteiger partial charge in [-0.15, -0.1) is 0 Å². The first-order chi connectivity index (χ1) is 9.38. The van der Waals surface area contributed by atoms with E-state index in [2.05, 4.69) is 15.4 Å². The molecule has 0 aliphatic carbocycles. The van der Waals surface area contributed by atoms with Crippen molar-refractivity contribution in [3.63, 3.8) is 0 Å². The predicted molar refractivity (Wildman–Crippen MR) is 77.1 cm³/mol. The standard InChI is InChI=1S/C12H18N6O2/c1-7(2)5-18-10(13)9(11(19)16-12(18)20)15-8-4-14-17(3)6-8/h4,6-7,15H,5,13H2,1-3H3,(H,16,19,20). The Bertz CT molecular complexity index is 724. The molecule has 0 saturated heterocycles. The van der Waals surface area contributed by atoms with Gasteiger partial charge in [-0.1, -0.05) is 13.8 Å². The number of hydrogen-bond acceptors (Lipinski definition) is 5. The molecule has 0 spiro atoms. The van der Waals surface area contributed by atoms with Gasteiger partial charge in [0.05, 0.1) is 11.9 Å². The molecular formula is C12H18N6O2. The van der Waals surface area contributed by atoms with E-state index in [1.165, 1.54) is 4.57 Å². The van der Waals surface area contributed by atoms with Crippen molar-refractivity contribution in [1.82, 2.24) is 19.3 Å². The molecule has 4 N–H and O–H groups in total. The second-order valence-electron chi connectivity index (χ2n) is 5.05. The summed E-state index contributed by atoms with van der Waals surface area (Å²) in [4.78, 5) is 25.9. The third-order valence-electron chi connectivity index (χ3n) is 2.76. The van der Waals surface area contributed by atoms with Crippen molar-refractivity contribution in [2.24, 2.45) is 13.0 Å². The Morgan fingerprint density at radius 1 is 1.45 bits per heavy atom. The van der Waals surface area contributed by atoms with Gasteiger partial charge in [-0.25, -0.2) is 4.79 Å². The minimum absolute atomic E-state index is 0.122. The van der Waals surface area contributed by atoms with Crippen LogP contribution in [-0.4, -0.2) is 19.3 Å². The van der Waals surface area contributed by atoms with Gasteiger partial charge in [-0.05, 0) is 5.92 Å². The second kappa shape index (κ2) is 5.24. The van der Waals surface area contributed by atoms with Crippen molar-refractivity contribution < 1.29 is 0 Å². The number of aryl methyl sites for hydroxylation is 1. The Morgan fingerprint density at radius 3 is 2.70 bits per heavy atom. The minimum atomic E-state index is -0.545. The maximum atomic E-state index is 11.9. The molecule has 0 aromatic carbocycles. The minimum Gasteiger partial charge on any atom is -0.383 e. The van der Waals surface area contributed by atoms with Crippen molar-refractivity contribution in [3.05, 3.63) is 33.2 Å². The molecule has 2 rings (SSSR count). The van der Waals surface area contributed by atoms with Crippen molar-refractivity contribution in [2.75, 3.05) is 11.1 Å². The van der Waals surface area contributed by atoms with Crippen LogP contribution in [0, 0.1) is 5.92 Å². The van der Waals surface area contributed by atoms with Crippen molar-refractivity contribution in [1.29, 1.82) is 0 Å². The summed E-state index contributed by atoms with van der Waals surface area (Å²) in [6.45, 7) is 4.36. The molecule has 0 bridgehead atoms. The summed E-state index contributed by atoms with van der Waals surface area (Å²) in [5.74, 6) is 0.350. The third kappa shape index (κ3) is 2.73. The largest absolute Gasteiger partial charge is 0.383 e. The van der Waals surface area contributed by atoms with Crippen molar-refractivity contribution in [2.45, 2.75) is 20.4 Å². The number of hydrogen-bond donors (Lipinski definition) is 3. The quantitative estimate of drug-likeness (QED) is 0.742. The molecule has 2 aromatic rings. The summed E-state index contributed by atoms with van der Waals surface area (Å²) in [5.41, 5.74) is 5.67. The van der Waals surface area contributed by atoms with Gasteiger partial charge >= 0.3 is 5.69 Å². The van der Waals surface area contributed by atoms with E-state index in [-0.39, 0.29) is 17.4 Å². The van der Waals surface area contributed by atoms with E-state index in [1.807, 2.05) is 13.8 Å². The van der Waals surface area contributed by atoms with Gasteiger partial charge in [-0.3, -0.25) is 19.0 Å². The molecule has 0 unspecified atom stereocenters. The summed E-state index contributed by atoms with van der Waals surface area (Å²) in [7, 11) is 1.76. The van der Waals surface area contributed by atoms with Crippen LogP contribution in [0.1, 0.15) is 13.8 Å². The Balaban J connectivity index is 2.47. The lowest BCUT2D eigenvalue weighted by Gasteiger charge is -2.14. The number of anilines is 3. The highest BCUT2D eigenvalue weighted by atomic mass is 16.2. The first-order valence-electron chi connectivity index (χ1n) is 6.26. The Kier molecular flexibility index (Phi) is 3.64. The molecule has 108 valence electrons. The fourth-order valence-corrected chi connectivity index (χ4v) is 1.89. The van der Waals surface area contributed by atoms with E-state index in [4.69, 9.17) is 5.73 Å². The van der Waals surface area contributed by atoms with Crippen LogP contribution in [0.3, 0.4) is 0 Å². The van der Waals surface area contributed by atoms with Crippen LogP contribution in [-0.2, 0) is 13.6 Å². The van der Waals surface area contributed by atoms with Gasteiger partial charge in [0.1, 0.15) is 11.5 Å². The number of H-pyrrole nitrogens is 1. The maximum absolute atomic E-state index is 11.9. The molecule has 8 heteroatoms. The number of nitrogens with one attached hydrogen (secondary N) is 2. The van der Waals surface area contributed by atoms with E-state index < -0.39 is 11.2 Å². The van der Waals surface area contributed by atoms with Crippen LogP contribution >= 0.6 is 0 Å². The molecule has 8 nitrogen and oxygen atoms in total. The number of nitrogens with zero attached hydrogens (tertiary/aromatic N) is 3. The summed E-state index contributed by atoms with van der Waals surface area (Å²) in [6.07, 6.45) is 3.27. The zero-order chi connectivity index (χ0) is 14.9. The molecular weight excluding hydrogens is 260 g/mol. The second-order valence-corrected chi connectivity index (χ2v) is 5.05. The number of aromatic amines is 1. The highest BCUT2D eigenvalue weighted by Gasteiger charge is 2.13. The van der Waals surface area contributed by atoms with Gasteiger partial charge in [-0.2, -0.15) is 5.10 Å². The van der Waals surface area contributed by atoms with E-state index >= 15 is 0 Å². The van der Waals surface area contributed by atoms with Gasteiger partial charge in [0, 0.05) is 19.8 Å². The first-order valence-corrected chi connectivity index (χ1v) is 6.26. The highest BCUT2D eigenvalue weighted by Crippen LogP contribution is 2.17. The van der Waals surface area contributed by atoms with E-state index in [0.717, 1.165) is 0 Å². The van der Waals surface area contributed by atoms with Gasteiger partial charge in [0.2, 0.25) is 0 Å². The van der Waals surface area contributed by atoms with Crippen LogP contribution < -0.4 is 22.3 Å². The Hall–Kier alpha value is -2.51. The smallest absolute Gasteiger partial charge is 0.330 e. The maximum Gasteiger partial charge on any atom is 0.330 e. The summed E-state index contributed by atoms with van der Waals surface area (Å²) in [6, 6.07) is 0. The van der Waals surface area contributed by atoms with Crippen LogP contribution in [0.15, 0.2) is 22.0 Å². The van der Waals surface area contributed by atoms with E-state index in [9.17, 15) is 9.59 Å². The van der Waals surface area contributed by atoms with Gasteiger partial charge < -0.3 is 11.1 Å². The fraction of sp³-hybridized carbons (Fsp3) is 0.417. The summed E-state index contributed by atoms with van der Waals surface area (Å²) in [5, 5.41) is 6.88. The van der Waals surface area contributed by atoms with Gasteiger partial charge in [0.15, 0.2) is 0 Å². The van der Waals surface area contributed by atoms with Crippen LogP contribution in [0.2, 0.25) is 0 Å². The molecule has 0 aliphatic heterocycles. The molecule has 0 aliphatic rings. The van der Waals surface area contributed by atoms with Crippen molar-refractivity contribution in [3.8, 4) is 0 Å². The molecule has 2 aromatic heterocycles. The fourth-order valence-electron chi connectivity index (χ4n) is 1.89. The number of nitrogens with two attached hydrogens (primary N) is 1. The summed E-state index contributed by atoms with van der Waals surface area (Å²) < 4.78 is 2.95. The normalized spacial score (nSPS) is 11.0. The molecule has 0 atom stereocenters. The van der Waals surface area contributed by atoms with Crippen LogP contribution in [0.5, 0.6) is 0 Å². The summed E-state index contributed by atoms with van der Waals surface area (Å²) >= 11 is 0. The molecule has 0 fully saturated rings.